The first-order valence-corrected chi connectivity index (χ1v) is 16.3. The average Bonchev–Trinajstić information content (AvgIpc) is 2.88. The summed E-state index contributed by atoms with van der Waals surface area (Å²) in [6.45, 7) is 5.61. The van der Waals surface area contributed by atoms with E-state index in [9.17, 15) is 14.5 Å². The van der Waals surface area contributed by atoms with Crippen molar-refractivity contribution in [1.82, 2.24) is 5.32 Å². The largest absolute Gasteiger partial charge is 0.508 e. The van der Waals surface area contributed by atoms with E-state index < -0.39 is 13.5 Å². The lowest BCUT2D eigenvalue weighted by Crippen LogP contribution is -2.24. The highest BCUT2D eigenvalue weighted by molar-refractivity contribution is 7.54. The van der Waals surface area contributed by atoms with Gasteiger partial charge in [0.15, 0.2) is 0 Å². The molecule has 1 atom stereocenters. The van der Waals surface area contributed by atoms with Crippen LogP contribution in [0, 0.1) is 0 Å². The molecular weight excluding hydrogens is 504 g/mol. The minimum atomic E-state index is -3.97. The summed E-state index contributed by atoms with van der Waals surface area (Å²) in [7, 11) is -3.97. The number of hydrogen-bond donors (Lipinski definition) is 2. The number of carbonyl (C=O) groups excluding carboxylic acids is 1. The summed E-state index contributed by atoms with van der Waals surface area (Å²) in [5.41, 5.74) is 0.969. The van der Waals surface area contributed by atoms with Crippen LogP contribution in [-0.2, 0) is 18.4 Å². The molecule has 0 radical (unpaired) electrons. The summed E-state index contributed by atoms with van der Waals surface area (Å²) in [6.07, 6.45) is 17.6. The third kappa shape index (κ3) is 15.7. The molecule has 0 bridgehead atoms. The number of nitrogens with one attached hydrogen (secondary N) is 1. The maximum atomic E-state index is 15.1. The Hall–Kier alpha value is -1.69. The van der Waals surface area contributed by atoms with E-state index in [-0.39, 0.29) is 31.3 Å². The second-order valence-corrected chi connectivity index (χ2v) is 12.0. The van der Waals surface area contributed by atoms with Crippen LogP contribution in [0.4, 0.5) is 4.39 Å². The molecule has 2 N–H and O–H groups in total. The molecule has 1 unspecified atom stereocenters. The van der Waals surface area contributed by atoms with Crippen molar-refractivity contribution < 1.29 is 27.9 Å². The first kappa shape index (κ1) is 34.3. The molecule has 0 saturated carbocycles. The normalized spacial score (nSPS) is 13.0. The fraction of sp³-hybridized carbons (Fsp3) is 0.700. The van der Waals surface area contributed by atoms with E-state index in [2.05, 4.69) is 12.2 Å². The molecule has 1 rings (SSSR count). The van der Waals surface area contributed by atoms with Crippen molar-refractivity contribution in [3.63, 3.8) is 0 Å². The van der Waals surface area contributed by atoms with Crippen LogP contribution in [0.1, 0.15) is 123 Å². The molecule has 0 aliphatic heterocycles. The molecule has 0 aliphatic rings. The fourth-order valence-corrected chi connectivity index (χ4v) is 5.85. The van der Waals surface area contributed by atoms with Crippen LogP contribution in [0.15, 0.2) is 30.0 Å². The molecule has 8 heteroatoms. The molecule has 38 heavy (non-hydrogen) atoms. The smallest absolute Gasteiger partial charge is 0.364 e. The van der Waals surface area contributed by atoms with Gasteiger partial charge >= 0.3 is 7.60 Å². The molecule has 1 aromatic carbocycles. The highest BCUT2D eigenvalue weighted by Crippen LogP contribution is 2.55. The van der Waals surface area contributed by atoms with E-state index in [0.29, 0.717) is 17.7 Å². The number of rotatable bonds is 23. The minimum Gasteiger partial charge on any atom is -0.508 e. The number of phenolic OH excluding ortho intramolecular Hbond substituents is 1. The van der Waals surface area contributed by atoms with Crippen molar-refractivity contribution in [2.75, 3.05) is 13.2 Å². The Morgan fingerprint density at radius 1 is 0.868 bits per heavy atom. The molecule has 0 heterocycles. The van der Waals surface area contributed by atoms with Gasteiger partial charge in [0.25, 0.3) is 0 Å². The van der Waals surface area contributed by atoms with Crippen molar-refractivity contribution in [2.45, 2.75) is 123 Å². The Labute approximate surface area is 230 Å². The van der Waals surface area contributed by atoms with Crippen LogP contribution >= 0.6 is 7.60 Å². The Balaban J connectivity index is 2.48. The van der Waals surface area contributed by atoms with Crippen molar-refractivity contribution in [2.24, 2.45) is 0 Å². The van der Waals surface area contributed by atoms with Crippen LogP contribution < -0.4 is 5.32 Å². The lowest BCUT2D eigenvalue weighted by Gasteiger charge is -2.22. The van der Waals surface area contributed by atoms with E-state index >= 15 is 4.39 Å². The summed E-state index contributed by atoms with van der Waals surface area (Å²) >= 11 is 0. The van der Waals surface area contributed by atoms with Gasteiger partial charge in [-0.3, -0.25) is 9.36 Å². The fourth-order valence-electron chi connectivity index (χ4n) is 4.31. The van der Waals surface area contributed by atoms with Crippen molar-refractivity contribution in [3.8, 4) is 5.75 Å². The molecule has 0 saturated heterocycles. The number of alkyl halides is 1. The van der Waals surface area contributed by atoms with Gasteiger partial charge in [-0.05, 0) is 44.0 Å². The highest BCUT2D eigenvalue weighted by Gasteiger charge is 2.36. The summed E-state index contributed by atoms with van der Waals surface area (Å²) in [4.78, 5) is 12.6. The molecule has 6 nitrogen and oxygen atoms in total. The number of amides is 1. The minimum absolute atomic E-state index is 0.0557. The Morgan fingerprint density at radius 2 is 1.34 bits per heavy atom. The van der Waals surface area contributed by atoms with E-state index in [1.165, 1.54) is 76.3 Å². The molecule has 1 aromatic rings. The second kappa shape index (κ2) is 21.2. The summed E-state index contributed by atoms with van der Waals surface area (Å²) < 4.78 is 38.3. The first-order chi connectivity index (χ1) is 18.3. The van der Waals surface area contributed by atoms with Crippen LogP contribution in [0.2, 0.25) is 0 Å². The van der Waals surface area contributed by atoms with Gasteiger partial charge in [0.05, 0.1) is 13.2 Å². The van der Waals surface area contributed by atoms with Gasteiger partial charge in [0, 0.05) is 18.5 Å². The van der Waals surface area contributed by atoms with E-state index in [1.807, 2.05) is 0 Å². The number of phenols is 1. The van der Waals surface area contributed by atoms with Crippen LogP contribution in [0.25, 0.3) is 6.08 Å². The summed E-state index contributed by atoms with van der Waals surface area (Å²) in [5, 5.41) is 12.3. The lowest BCUT2D eigenvalue weighted by atomic mass is 10.0. The van der Waals surface area contributed by atoms with Gasteiger partial charge in [0.2, 0.25) is 11.8 Å². The number of unbranched alkanes of at least 4 members (excludes halogenated alkanes) is 12. The highest BCUT2D eigenvalue weighted by atomic mass is 31.2. The molecular formula is C30H51FNO5P. The molecule has 218 valence electrons. The van der Waals surface area contributed by atoms with Gasteiger partial charge in [-0.1, -0.05) is 96.1 Å². The number of carbonyl (C=O) groups is 1. The molecule has 0 aliphatic carbocycles. The van der Waals surface area contributed by atoms with E-state index in [0.717, 1.165) is 19.3 Å². The van der Waals surface area contributed by atoms with E-state index in [1.54, 1.807) is 32.1 Å². The third-order valence-corrected chi connectivity index (χ3v) is 8.50. The number of allylic oxidation sites excluding steroid dienone is 1. The zero-order valence-corrected chi connectivity index (χ0v) is 24.8. The lowest BCUT2D eigenvalue weighted by molar-refractivity contribution is -0.120. The zero-order chi connectivity index (χ0) is 28.1. The predicted octanol–water partition coefficient (Wildman–Crippen LogP) is 9.28. The standard InChI is InChI=1S/C30H51FNO5P/c1-4-7-8-9-10-11-12-13-14-15-16-17-18-19-30(34)32-27(24-26-20-22-28(33)23-21-26)25-29(31)38(35,36-5-2)37-6-3/h20-24,29,33H,4-19,25H2,1-3H3,(H,32,34)/b27-24-. The Morgan fingerprint density at radius 3 is 1.82 bits per heavy atom. The van der Waals surface area contributed by atoms with Gasteiger partial charge in [-0.2, -0.15) is 0 Å². The number of aromatic hydroxyl groups is 1. The van der Waals surface area contributed by atoms with E-state index in [4.69, 9.17) is 9.05 Å². The predicted molar refractivity (Wildman–Crippen MR) is 155 cm³/mol. The van der Waals surface area contributed by atoms with Crippen molar-refractivity contribution in [3.05, 3.63) is 35.5 Å². The SMILES string of the molecule is CCCCCCCCCCCCCCCC(=O)N/C(=C\c1ccc(O)cc1)CC(F)P(=O)(OCC)OCC. The monoisotopic (exact) mass is 555 g/mol. The quantitative estimate of drug-likeness (QED) is 0.104. The topological polar surface area (TPSA) is 84.9 Å². The van der Waals surface area contributed by atoms with Gasteiger partial charge in [-0.15, -0.1) is 0 Å². The van der Waals surface area contributed by atoms with Crippen LogP contribution in [0.3, 0.4) is 0 Å². The zero-order valence-electron chi connectivity index (χ0n) is 23.9. The second-order valence-electron chi connectivity index (χ2n) is 9.82. The summed E-state index contributed by atoms with van der Waals surface area (Å²) in [5.74, 6) is -2.01. The summed E-state index contributed by atoms with van der Waals surface area (Å²) in [6, 6.07) is 6.34. The van der Waals surface area contributed by atoms with Gasteiger partial charge in [0.1, 0.15) is 5.75 Å². The molecule has 0 fully saturated rings. The third-order valence-electron chi connectivity index (χ3n) is 6.39. The van der Waals surface area contributed by atoms with Crippen molar-refractivity contribution >= 4 is 19.6 Å². The molecule has 0 spiro atoms. The van der Waals surface area contributed by atoms with Crippen molar-refractivity contribution in [1.29, 1.82) is 0 Å². The number of hydrogen-bond acceptors (Lipinski definition) is 5. The maximum Gasteiger partial charge on any atom is 0.364 e. The number of halogens is 1. The maximum absolute atomic E-state index is 15.1. The number of benzene rings is 1. The Bertz CT molecular complexity index is 820. The van der Waals surface area contributed by atoms with Crippen LogP contribution in [0.5, 0.6) is 5.75 Å². The average molecular weight is 556 g/mol. The Kier molecular flexibility index (Phi) is 19.1. The van der Waals surface area contributed by atoms with Gasteiger partial charge in [-0.25, -0.2) is 4.39 Å². The molecule has 1 amide bonds. The molecule has 0 aromatic heterocycles. The first-order valence-electron chi connectivity index (χ1n) is 14.7. The van der Waals surface area contributed by atoms with Crippen LogP contribution in [-0.4, -0.2) is 30.1 Å². The van der Waals surface area contributed by atoms with Gasteiger partial charge < -0.3 is 19.5 Å².